The van der Waals surface area contributed by atoms with Crippen LogP contribution in [0.3, 0.4) is 0 Å². The van der Waals surface area contributed by atoms with E-state index in [9.17, 15) is 9.18 Å². The number of nitrogens with one attached hydrogen (secondary N) is 3. The number of amides is 1. The smallest absolute Gasteiger partial charge is 0.238 e. The Bertz CT molecular complexity index is 872. The first-order valence-electron chi connectivity index (χ1n) is 10.2. The Hall–Kier alpha value is -2.58. The van der Waals surface area contributed by atoms with Crippen LogP contribution in [-0.4, -0.2) is 54.0 Å². The molecule has 154 valence electrons. The van der Waals surface area contributed by atoms with Gasteiger partial charge < -0.3 is 16.0 Å². The second kappa shape index (κ2) is 8.84. The number of hydrogen-bond donors (Lipinski definition) is 3. The van der Waals surface area contributed by atoms with Crippen molar-refractivity contribution in [1.82, 2.24) is 20.2 Å². The second-order valence-corrected chi connectivity index (χ2v) is 7.63. The van der Waals surface area contributed by atoms with Gasteiger partial charge in [-0.2, -0.15) is 0 Å². The number of anilines is 2. The van der Waals surface area contributed by atoms with E-state index in [-0.39, 0.29) is 24.1 Å². The molecule has 7 nitrogen and oxygen atoms in total. The van der Waals surface area contributed by atoms with Crippen LogP contribution in [0.4, 0.5) is 15.9 Å². The number of carbonyl (C=O) groups is 1. The molecule has 2 aliphatic heterocycles. The highest BCUT2D eigenvalue weighted by Gasteiger charge is 2.27. The lowest BCUT2D eigenvalue weighted by molar-refractivity contribution is -0.117. The molecular weight excluding hydrogens is 371 g/mol. The van der Waals surface area contributed by atoms with Gasteiger partial charge in [-0.05, 0) is 31.5 Å². The van der Waals surface area contributed by atoms with Crippen molar-refractivity contribution >= 4 is 17.4 Å². The van der Waals surface area contributed by atoms with Crippen molar-refractivity contribution in [2.45, 2.75) is 31.7 Å². The summed E-state index contributed by atoms with van der Waals surface area (Å²) in [6.07, 6.45) is 2.89. The molecule has 0 aliphatic carbocycles. The van der Waals surface area contributed by atoms with Crippen LogP contribution in [0.25, 0.3) is 0 Å². The van der Waals surface area contributed by atoms with Crippen molar-refractivity contribution in [3.8, 4) is 0 Å². The molecule has 4 rings (SSSR count). The van der Waals surface area contributed by atoms with Crippen molar-refractivity contribution in [3.05, 3.63) is 47.2 Å². The molecule has 1 atom stereocenters. The molecule has 3 heterocycles. The second-order valence-electron chi connectivity index (χ2n) is 7.63. The highest BCUT2D eigenvalue weighted by atomic mass is 19.1. The van der Waals surface area contributed by atoms with Crippen LogP contribution < -0.4 is 16.0 Å². The largest absolute Gasteiger partial charge is 0.373 e. The molecule has 3 N–H and O–H groups in total. The first-order valence-corrected chi connectivity index (χ1v) is 10.2. The van der Waals surface area contributed by atoms with Gasteiger partial charge in [-0.3, -0.25) is 9.69 Å². The third kappa shape index (κ3) is 4.54. The molecule has 1 amide bonds. The molecular formula is C21H27FN6O. The van der Waals surface area contributed by atoms with Gasteiger partial charge in [-0.25, -0.2) is 14.4 Å². The van der Waals surface area contributed by atoms with Crippen molar-refractivity contribution < 1.29 is 9.18 Å². The maximum absolute atomic E-state index is 13.8. The number of carbonyl (C=O) groups excluding carboxylic acids is 1. The monoisotopic (exact) mass is 398 g/mol. The fraction of sp³-hybridized carbons (Fsp3) is 0.476. The maximum atomic E-state index is 13.8. The minimum Gasteiger partial charge on any atom is -0.373 e. The van der Waals surface area contributed by atoms with E-state index < -0.39 is 5.82 Å². The van der Waals surface area contributed by atoms with Gasteiger partial charge in [0.2, 0.25) is 5.91 Å². The first-order chi connectivity index (χ1) is 14.1. The number of fused-ring (bicyclic) bond motifs is 1. The number of halogens is 1. The summed E-state index contributed by atoms with van der Waals surface area (Å²) >= 11 is 0. The Labute approximate surface area is 170 Å². The summed E-state index contributed by atoms with van der Waals surface area (Å²) in [6, 6.07) is 6.22. The summed E-state index contributed by atoms with van der Waals surface area (Å²) in [5.74, 6) is 1.32. The Morgan fingerprint density at radius 2 is 2.21 bits per heavy atom. The summed E-state index contributed by atoms with van der Waals surface area (Å²) in [4.78, 5) is 24.2. The molecule has 0 spiro atoms. The van der Waals surface area contributed by atoms with Gasteiger partial charge in [0.1, 0.15) is 17.5 Å². The van der Waals surface area contributed by atoms with Gasteiger partial charge in [0.15, 0.2) is 0 Å². The van der Waals surface area contributed by atoms with Gasteiger partial charge in [0.25, 0.3) is 0 Å². The Morgan fingerprint density at radius 3 is 3.03 bits per heavy atom. The Morgan fingerprint density at radius 1 is 1.34 bits per heavy atom. The van der Waals surface area contributed by atoms with E-state index >= 15 is 0 Å². The molecule has 1 saturated heterocycles. The normalized spacial score (nSPS) is 19.4. The molecule has 29 heavy (non-hydrogen) atoms. The van der Waals surface area contributed by atoms with E-state index in [1.165, 1.54) is 6.07 Å². The maximum Gasteiger partial charge on any atom is 0.238 e. The zero-order valence-corrected chi connectivity index (χ0v) is 16.7. The van der Waals surface area contributed by atoms with E-state index in [0.29, 0.717) is 0 Å². The minimum atomic E-state index is -0.422. The summed E-state index contributed by atoms with van der Waals surface area (Å²) in [7, 11) is 1.89. The summed E-state index contributed by atoms with van der Waals surface area (Å²) in [5.41, 5.74) is 2.49. The van der Waals surface area contributed by atoms with Crippen LogP contribution in [0, 0.1) is 5.82 Å². The minimum absolute atomic E-state index is 0.192. The third-order valence-electron chi connectivity index (χ3n) is 5.57. The first kappa shape index (κ1) is 19.7. The van der Waals surface area contributed by atoms with Gasteiger partial charge in [-0.1, -0.05) is 12.1 Å². The topological polar surface area (TPSA) is 82.2 Å². The number of aromatic nitrogens is 2. The average molecular weight is 398 g/mol. The van der Waals surface area contributed by atoms with E-state index in [2.05, 4.69) is 20.9 Å². The number of rotatable bonds is 5. The number of hydrogen-bond acceptors (Lipinski definition) is 6. The molecule has 8 heteroatoms. The zero-order valence-electron chi connectivity index (χ0n) is 16.7. The lowest BCUT2D eigenvalue weighted by Crippen LogP contribution is -2.40. The van der Waals surface area contributed by atoms with Crippen molar-refractivity contribution in [2.24, 2.45) is 0 Å². The fourth-order valence-corrected chi connectivity index (χ4v) is 4.12. The highest BCUT2D eigenvalue weighted by Crippen LogP contribution is 2.28. The van der Waals surface area contributed by atoms with Crippen LogP contribution in [0.15, 0.2) is 24.3 Å². The van der Waals surface area contributed by atoms with Gasteiger partial charge >= 0.3 is 0 Å². The molecule has 1 aromatic carbocycles. The Kier molecular flexibility index (Phi) is 6.01. The molecule has 0 radical (unpaired) electrons. The van der Waals surface area contributed by atoms with Crippen LogP contribution in [0.1, 0.15) is 35.8 Å². The SMILES string of the molecule is CNc1nc(C2CCCN(CC(=O)Nc3ccccc3F)C2)nc2c1CNCC2. The Balaban J connectivity index is 1.43. The highest BCUT2D eigenvalue weighted by molar-refractivity contribution is 5.92. The standard InChI is InChI=1S/C21H27FN6O/c1-23-21-15-11-24-9-8-17(15)26-20(27-21)14-5-4-10-28(12-14)13-19(29)25-18-7-3-2-6-16(18)22/h2-3,6-7,14,24H,4-5,8-13H2,1H3,(H,25,29)(H,23,26,27). The summed E-state index contributed by atoms with van der Waals surface area (Å²) in [5, 5.41) is 9.24. The quantitative estimate of drug-likeness (QED) is 0.716. The molecule has 0 bridgehead atoms. The molecule has 1 unspecified atom stereocenters. The van der Waals surface area contributed by atoms with Gasteiger partial charge in [0.05, 0.1) is 17.9 Å². The molecule has 0 saturated carbocycles. The number of nitrogens with zero attached hydrogens (tertiary/aromatic N) is 3. The van der Waals surface area contributed by atoms with E-state index in [0.717, 1.165) is 68.3 Å². The zero-order chi connectivity index (χ0) is 20.2. The van der Waals surface area contributed by atoms with Gasteiger partial charge in [0, 0.05) is 44.6 Å². The van der Waals surface area contributed by atoms with E-state index in [1.54, 1.807) is 18.2 Å². The summed E-state index contributed by atoms with van der Waals surface area (Å²) in [6.45, 7) is 3.52. The van der Waals surface area contributed by atoms with Crippen molar-refractivity contribution in [1.29, 1.82) is 0 Å². The molecule has 2 aromatic rings. The van der Waals surface area contributed by atoms with E-state index in [1.807, 2.05) is 7.05 Å². The number of para-hydroxylation sites is 1. The average Bonchev–Trinajstić information content (AvgIpc) is 2.74. The van der Waals surface area contributed by atoms with E-state index in [4.69, 9.17) is 9.97 Å². The van der Waals surface area contributed by atoms with Gasteiger partial charge in [-0.15, -0.1) is 0 Å². The molecule has 2 aliphatic rings. The lowest BCUT2D eigenvalue weighted by Gasteiger charge is -2.32. The van der Waals surface area contributed by atoms with Crippen LogP contribution in [0.5, 0.6) is 0 Å². The predicted octanol–water partition coefficient (Wildman–Crippen LogP) is 2.12. The van der Waals surface area contributed by atoms with Crippen LogP contribution >= 0.6 is 0 Å². The fourth-order valence-electron chi connectivity index (χ4n) is 4.12. The lowest BCUT2D eigenvalue weighted by atomic mass is 9.96. The number of piperidine rings is 1. The number of benzene rings is 1. The number of likely N-dealkylation sites (tertiary alicyclic amines) is 1. The van der Waals surface area contributed by atoms with Crippen LogP contribution in [-0.2, 0) is 17.8 Å². The summed E-state index contributed by atoms with van der Waals surface area (Å²) < 4.78 is 13.8. The predicted molar refractivity (Wildman–Crippen MR) is 110 cm³/mol. The molecule has 1 aromatic heterocycles. The molecule has 1 fully saturated rings. The third-order valence-corrected chi connectivity index (χ3v) is 5.57. The van der Waals surface area contributed by atoms with Crippen molar-refractivity contribution in [2.75, 3.05) is 43.9 Å². The van der Waals surface area contributed by atoms with Crippen LogP contribution in [0.2, 0.25) is 0 Å². The van der Waals surface area contributed by atoms with Crippen molar-refractivity contribution in [3.63, 3.8) is 0 Å².